The Kier molecular flexibility index (Phi) is 5.40. The smallest absolute Gasteiger partial charge is 0.262 e. The lowest BCUT2D eigenvalue weighted by Gasteiger charge is -2.27. The first kappa shape index (κ1) is 15.7. The molecule has 0 amide bonds. The van der Waals surface area contributed by atoms with Crippen LogP contribution in [0.3, 0.4) is 0 Å². The summed E-state index contributed by atoms with van der Waals surface area (Å²) >= 11 is 4.15. The molecule has 0 spiro atoms. The van der Waals surface area contributed by atoms with Gasteiger partial charge in [-0.15, -0.1) is 4.72 Å². The molecule has 18 heavy (non-hydrogen) atoms. The first-order valence-electron chi connectivity index (χ1n) is 5.43. The largest absolute Gasteiger partial charge is 0.598 e. The summed E-state index contributed by atoms with van der Waals surface area (Å²) < 4.78 is 39.7. The topological polar surface area (TPSA) is 35.1 Å². The average Bonchev–Trinajstić information content (AvgIpc) is 2.25. The second-order valence-corrected chi connectivity index (χ2v) is 7.30. The molecule has 102 valence electrons. The second-order valence-electron chi connectivity index (χ2n) is 4.86. The van der Waals surface area contributed by atoms with E-state index in [2.05, 4.69) is 4.72 Å². The highest BCUT2D eigenvalue weighted by Crippen LogP contribution is 2.25. The van der Waals surface area contributed by atoms with Gasteiger partial charge in [-0.2, -0.15) is 0 Å². The molecule has 0 heterocycles. The second kappa shape index (κ2) is 6.19. The number of hydrogen-bond donors (Lipinski definition) is 1. The van der Waals surface area contributed by atoms with E-state index < -0.39 is 28.6 Å². The van der Waals surface area contributed by atoms with Crippen LogP contribution >= 0.6 is 11.6 Å². The highest BCUT2D eigenvalue weighted by Gasteiger charge is 2.33. The fourth-order valence-corrected chi connectivity index (χ4v) is 2.18. The number of rotatable bonds is 4. The van der Waals surface area contributed by atoms with E-state index in [1.165, 1.54) is 24.3 Å². The monoisotopic (exact) mass is 295 g/mol. The van der Waals surface area contributed by atoms with Crippen LogP contribution in [-0.4, -0.2) is 15.7 Å². The van der Waals surface area contributed by atoms with Gasteiger partial charge in [-0.25, -0.2) is 8.78 Å². The van der Waals surface area contributed by atoms with Crippen LogP contribution in [0.4, 0.5) is 8.78 Å². The Morgan fingerprint density at radius 1 is 1.22 bits per heavy atom. The zero-order valence-electron chi connectivity index (χ0n) is 10.4. The Morgan fingerprint density at radius 2 is 1.72 bits per heavy atom. The minimum absolute atomic E-state index is 0.368. The first-order valence-corrected chi connectivity index (χ1v) is 6.96. The predicted octanol–water partition coefficient (Wildman–Crippen LogP) is 3.70. The van der Waals surface area contributed by atoms with Gasteiger partial charge in [0.2, 0.25) is 0 Å². The fraction of sp³-hybridized carbons (Fsp3) is 0.500. The summed E-state index contributed by atoms with van der Waals surface area (Å²) in [5.74, 6) is 0. The van der Waals surface area contributed by atoms with Crippen molar-refractivity contribution in [1.29, 1.82) is 0 Å². The molecule has 2 atom stereocenters. The Bertz CT molecular complexity index is 381. The van der Waals surface area contributed by atoms with Gasteiger partial charge in [0.1, 0.15) is 10.8 Å². The quantitative estimate of drug-likeness (QED) is 0.860. The lowest BCUT2D eigenvalue weighted by Crippen LogP contribution is -2.43. The van der Waals surface area contributed by atoms with Crippen molar-refractivity contribution >= 4 is 23.0 Å². The molecule has 0 aliphatic rings. The van der Waals surface area contributed by atoms with Crippen molar-refractivity contribution in [3.8, 4) is 0 Å². The molecule has 0 saturated heterocycles. The van der Waals surface area contributed by atoms with E-state index in [-0.39, 0.29) is 0 Å². The van der Waals surface area contributed by atoms with Gasteiger partial charge < -0.3 is 4.55 Å². The van der Waals surface area contributed by atoms with Gasteiger partial charge in [0.25, 0.3) is 6.43 Å². The standard InChI is InChI=1S/C12H16ClF2NOS/c1-12(2,3)18(17)16-10(11(14)15)8-4-6-9(13)7-5-8/h4-7,10-11,16H,1-3H3/t10?,18-/m0/s1. The van der Waals surface area contributed by atoms with E-state index in [1.54, 1.807) is 20.8 Å². The van der Waals surface area contributed by atoms with Gasteiger partial charge in [-0.3, -0.25) is 0 Å². The summed E-state index contributed by atoms with van der Waals surface area (Å²) in [5.41, 5.74) is 0.368. The SMILES string of the molecule is CC(C)(C)[S@+]([O-])NC(c1ccc(Cl)cc1)C(F)F. The number of alkyl halides is 2. The summed E-state index contributed by atoms with van der Waals surface area (Å²) in [6.45, 7) is 5.17. The van der Waals surface area contributed by atoms with Crippen LogP contribution in [0.5, 0.6) is 0 Å². The molecular formula is C12H16ClF2NOS. The van der Waals surface area contributed by atoms with E-state index >= 15 is 0 Å². The molecule has 1 aromatic carbocycles. The number of nitrogens with one attached hydrogen (secondary N) is 1. The minimum Gasteiger partial charge on any atom is -0.598 e. The van der Waals surface area contributed by atoms with E-state index in [0.29, 0.717) is 10.6 Å². The van der Waals surface area contributed by atoms with Gasteiger partial charge in [0.15, 0.2) is 0 Å². The van der Waals surface area contributed by atoms with Crippen molar-refractivity contribution in [2.75, 3.05) is 0 Å². The van der Waals surface area contributed by atoms with Gasteiger partial charge >= 0.3 is 0 Å². The molecule has 0 bridgehead atoms. The van der Waals surface area contributed by atoms with E-state index in [0.717, 1.165) is 0 Å². The summed E-state index contributed by atoms with van der Waals surface area (Å²) in [5, 5.41) is 0.476. The molecule has 0 saturated carbocycles. The molecule has 0 radical (unpaired) electrons. The molecule has 1 rings (SSSR count). The Labute approximate surface area is 114 Å². The third-order valence-electron chi connectivity index (χ3n) is 2.27. The van der Waals surface area contributed by atoms with Crippen molar-refractivity contribution in [2.45, 2.75) is 38.0 Å². The molecular weight excluding hydrogens is 280 g/mol. The van der Waals surface area contributed by atoms with Crippen molar-refractivity contribution in [3.05, 3.63) is 34.9 Å². The Morgan fingerprint density at radius 3 is 2.11 bits per heavy atom. The minimum atomic E-state index is -2.64. The molecule has 1 aromatic rings. The highest BCUT2D eigenvalue weighted by molar-refractivity contribution is 7.90. The van der Waals surface area contributed by atoms with Crippen LogP contribution in [0.2, 0.25) is 5.02 Å². The summed E-state index contributed by atoms with van der Waals surface area (Å²) in [6.07, 6.45) is -2.64. The third-order valence-corrected chi connectivity index (χ3v) is 4.10. The van der Waals surface area contributed by atoms with Crippen LogP contribution in [-0.2, 0) is 11.4 Å². The van der Waals surface area contributed by atoms with Crippen LogP contribution < -0.4 is 4.72 Å². The van der Waals surface area contributed by atoms with Crippen molar-refractivity contribution in [3.63, 3.8) is 0 Å². The zero-order chi connectivity index (χ0) is 13.9. The molecule has 0 aliphatic carbocycles. The molecule has 2 nitrogen and oxygen atoms in total. The number of halogens is 3. The van der Waals surface area contributed by atoms with Crippen molar-refractivity contribution in [1.82, 2.24) is 4.72 Å². The van der Waals surface area contributed by atoms with E-state index in [9.17, 15) is 13.3 Å². The normalized spacial score (nSPS) is 15.8. The predicted molar refractivity (Wildman–Crippen MR) is 71.2 cm³/mol. The molecule has 6 heteroatoms. The van der Waals surface area contributed by atoms with Crippen LogP contribution in [0.15, 0.2) is 24.3 Å². The molecule has 0 fully saturated rings. The van der Waals surface area contributed by atoms with Crippen LogP contribution in [0, 0.1) is 0 Å². The van der Waals surface area contributed by atoms with Gasteiger partial charge in [0.05, 0.1) is 0 Å². The molecule has 1 N–H and O–H groups in total. The summed E-state index contributed by atoms with van der Waals surface area (Å²) in [6, 6.07) is 4.82. The number of benzene rings is 1. The molecule has 1 unspecified atom stereocenters. The lowest BCUT2D eigenvalue weighted by molar-refractivity contribution is 0.109. The van der Waals surface area contributed by atoms with Crippen LogP contribution in [0.25, 0.3) is 0 Å². The maximum absolute atomic E-state index is 13.0. The number of hydrogen-bond acceptors (Lipinski definition) is 2. The summed E-state index contributed by atoms with van der Waals surface area (Å²) in [7, 11) is 0. The van der Waals surface area contributed by atoms with E-state index in [4.69, 9.17) is 11.6 Å². The highest BCUT2D eigenvalue weighted by atomic mass is 35.5. The maximum Gasteiger partial charge on any atom is 0.262 e. The van der Waals surface area contributed by atoms with Crippen molar-refractivity contribution in [2.24, 2.45) is 0 Å². The van der Waals surface area contributed by atoms with Gasteiger partial charge in [-0.05, 0) is 38.5 Å². The summed E-state index contributed by atoms with van der Waals surface area (Å²) in [4.78, 5) is 0. The lowest BCUT2D eigenvalue weighted by atomic mass is 10.1. The Hall–Kier alpha value is -0.360. The Balaban J connectivity index is 2.87. The zero-order valence-corrected chi connectivity index (χ0v) is 12.0. The van der Waals surface area contributed by atoms with Crippen LogP contribution in [0.1, 0.15) is 32.4 Å². The van der Waals surface area contributed by atoms with E-state index in [1.807, 2.05) is 0 Å². The molecule has 0 aromatic heterocycles. The molecule has 0 aliphatic heterocycles. The maximum atomic E-state index is 13.0. The van der Waals surface area contributed by atoms with Crippen molar-refractivity contribution < 1.29 is 13.3 Å². The van der Waals surface area contributed by atoms with Gasteiger partial charge in [0, 0.05) is 16.4 Å². The van der Waals surface area contributed by atoms with Gasteiger partial charge in [-0.1, -0.05) is 23.7 Å². The third kappa shape index (κ3) is 4.39. The average molecular weight is 296 g/mol. The first-order chi connectivity index (χ1) is 8.21. The fourth-order valence-electron chi connectivity index (χ4n) is 1.23.